The van der Waals surface area contributed by atoms with Crippen LogP contribution in [0.5, 0.6) is 0 Å². The van der Waals surface area contributed by atoms with Gasteiger partial charge in [-0.25, -0.2) is 0 Å². The second kappa shape index (κ2) is 8.07. The van der Waals surface area contributed by atoms with Gasteiger partial charge in [-0.05, 0) is 38.1 Å². The van der Waals surface area contributed by atoms with Gasteiger partial charge in [0, 0.05) is 5.69 Å². The summed E-state index contributed by atoms with van der Waals surface area (Å²) in [6.45, 7) is 3.55. The number of alkyl halides is 3. The van der Waals surface area contributed by atoms with Gasteiger partial charge >= 0.3 is 12.1 Å². The lowest BCUT2D eigenvalue weighted by atomic mass is 10.2. The molecule has 8 heteroatoms. The molecule has 22 heavy (non-hydrogen) atoms. The number of carbonyl (C=O) groups is 2. The smallest absolute Gasteiger partial charge is 0.416 e. The molecule has 1 aromatic carbocycles. The van der Waals surface area contributed by atoms with E-state index in [1.807, 2.05) is 0 Å². The van der Waals surface area contributed by atoms with Gasteiger partial charge in [-0.15, -0.1) is 11.8 Å². The summed E-state index contributed by atoms with van der Waals surface area (Å²) in [6.07, 6.45) is -4.41. The first-order valence-electron chi connectivity index (χ1n) is 6.49. The normalized spacial score (nSPS) is 12.6. The van der Waals surface area contributed by atoms with Gasteiger partial charge in [0.1, 0.15) is 0 Å². The largest absolute Gasteiger partial charge is 0.465 e. The van der Waals surface area contributed by atoms with Crippen LogP contribution in [0.15, 0.2) is 24.3 Å². The minimum absolute atomic E-state index is 0.0371. The minimum Gasteiger partial charge on any atom is -0.465 e. The summed E-state index contributed by atoms with van der Waals surface area (Å²) in [5, 5.41) is 1.96. The van der Waals surface area contributed by atoms with Crippen LogP contribution in [0, 0.1) is 0 Å². The van der Waals surface area contributed by atoms with Crippen LogP contribution < -0.4 is 5.32 Å². The molecule has 0 saturated carbocycles. The molecule has 0 radical (unpaired) electrons. The molecule has 0 spiro atoms. The number of ether oxygens (including phenoxy) is 1. The van der Waals surface area contributed by atoms with E-state index in [9.17, 15) is 22.8 Å². The SMILES string of the molecule is CCOC(=O)CSC(C)C(=O)Nc1ccc(C(F)(F)F)cc1. The number of amides is 1. The number of carbonyl (C=O) groups excluding carboxylic acids is 2. The zero-order valence-electron chi connectivity index (χ0n) is 12.1. The summed E-state index contributed by atoms with van der Waals surface area (Å²) >= 11 is 1.09. The van der Waals surface area contributed by atoms with E-state index >= 15 is 0 Å². The molecule has 1 aromatic rings. The summed E-state index contributed by atoms with van der Waals surface area (Å²) < 4.78 is 42.0. The Kier molecular flexibility index (Phi) is 6.73. The highest BCUT2D eigenvalue weighted by Crippen LogP contribution is 2.29. The maximum Gasteiger partial charge on any atom is 0.416 e. The number of halogens is 3. The van der Waals surface area contributed by atoms with Crippen LogP contribution >= 0.6 is 11.8 Å². The highest BCUT2D eigenvalue weighted by molar-refractivity contribution is 8.01. The molecule has 0 aromatic heterocycles. The number of anilines is 1. The molecule has 0 fully saturated rings. The Bertz CT molecular complexity index is 517. The van der Waals surface area contributed by atoms with Gasteiger partial charge in [-0.2, -0.15) is 13.2 Å². The predicted molar refractivity (Wildman–Crippen MR) is 78.6 cm³/mol. The molecule has 0 aliphatic rings. The summed E-state index contributed by atoms with van der Waals surface area (Å²) in [5.74, 6) is -0.772. The van der Waals surface area contributed by atoms with Crippen LogP contribution in [-0.4, -0.2) is 29.5 Å². The Hall–Kier alpha value is -1.70. The van der Waals surface area contributed by atoms with Crippen LogP contribution in [0.4, 0.5) is 18.9 Å². The molecule has 1 rings (SSSR count). The Morgan fingerprint density at radius 3 is 2.36 bits per heavy atom. The van der Waals surface area contributed by atoms with Crippen LogP contribution in [0.1, 0.15) is 19.4 Å². The number of esters is 1. The predicted octanol–water partition coefficient (Wildman–Crippen LogP) is 3.33. The summed E-state index contributed by atoms with van der Waals surface area (Å²) in [7, 11) is 0. The van der Waals surface area contributed by atoms with Gasteiger partial charge < -0.3 is 10.1 Å². The van der Waals surface area contributed by atoms with Crippen LogP contribution in [-0.2, 0) is 20.5 Å². The standard InChI is InChI=1S/C14H16F3NO3S/c1-3-21-12(19)8-22-9(2)13(20)18-11-6-4-10(5-7-11)14(15,16)17/h4-7,9H,3,8H2,1-2H3,(H,18,20). The Balaban J connectivity index is 2.52. The second-order valence-corrected chi connectivity index (χ2v) is 5.65. The van der Waals surface area contributed by atoms with E-state index < -0.39 is 28.9 Å². The van der Waals surface area contributed by atoms with Gasteiger partial charge in [0.2, 0.25) is 5.91 Å². The van der Waals surface area contributed by atoms with E-state index in [1.54, 1.807) is 13.8 Å². The lowest BCUT2D eigenvalue weighted by Crippen LogP contribution is -2.24. The molecule has 0 saturated heterocycles. The number of thioether (sulfide) groups is 1. The van der Waals surface area contributed by atoms with E-state index in [4.69, 9.17) is 4.74 Å². The highest BCUT2D eigenvalue weighted by atomic mass is 32.2. The van der Waals surface area contributed by atoms with E-state index in [0.29, 0.717) is 0 Å². The third kappa shape index (κ3) is 5.97. The van der Waals surface area contributed by atoms with Crippen molar-refractivity contribution in [1.82, 2.24) is 0 Å². The summed E-state index contributed by atoms with van der Waals surface area (Å²) in [6, 6.07) is 4.16. The van der Waals surface area contributed by atoms with Crippen molar-refractivity contribution in [3.8, 4) is 0 Å². The second-order valence-electron chi connectivity index (χ2n) is 4.32. The maximum atomic E-state index is 12.4. The molecule has 0 aliphatic heterocycles. The minimum atomic E-state index is -4.41. The Morgan fingerprint density at radius 2 is 1.86 bits per heavy atom. The van der Waals surface area contributed by atoms with Crippen molar-refractivity contribution in [3.05, 3.63) is 29.8 Å². The molecular formula is C14H16F3NO3S. The van der Waals surface area contributed by atoms with Crippen LogP contribution in [0.3, 0.4) is 0 Å². The van der Waals surface area contributed by atoms with E-state index in [-0.39, 0.29) is 18.0 Å². The fourth-order valence-corrected chi connectivity index (χ4v) is 2.14. The van der Waals surface area contributed by atoms with Crippen molar-refractivity contribution in [2.24, 2.45) is 0 Å². The average Bonchev–Trinajstić information content (AvgIpc) is 2.44. The lowest BCUT2D eigenvalue weighted by Gasteiger charge is -2.12. The fourth-order valence-electron chi connectivity index (χ4n) is 1.46. The molecule has 0 aliphatic carbocycles. The first-order valence-corrected chi connectivity index (χ1v) is 7.54. The van der Waals surface area contributed by atoms with Crippen molar-refractivity contribution < 1.29 is 27.5 Å². The number of hydrogen-bond donors (Lipinski definition) is 1. The van der Waals surface area contributed by atoms with E-state index in [0.717, 1.165) is 23.9 Å². The molecule has 4 nitrogen and oxygen atoms in total. The quantitative estimate of drug-likeness (QED) is 0.810. The number of rotatable bonds is 6. The molecule has 1 amide bonds. The molecule has 0 heterocycles. The lowest BCUT2D eigenvalue weighted by molar-refractivity contribution is -0.140. The third-order valence-electron chi connectivity index (χ3n) is 2.61. The van der Waals surface area contributed by atoms with E-state index in [2.05, 4.69) is 5.32 Å². The van der Waals surface area contributed by atoms with Crippen LogP contribution in [0.2, 0.25) is 0 Å². The number of hydrogen-bond acceptors (Lipinski definition) is 4. The average molecular weight is 335 g/mol. The van der Waals surface area contributed by atoms with Gasteiger partial charge in [0.15, 0.2) is 0 Å². The first-order chi connectivity index (χ1) is 10.2. The van der Waals surface area contributed by atoms with Gasteiger partial charge in [0.25, 0.3) is 0 Å². The first kappa shape index (κ1) is 18.3. The highest BCUT2D eigenvalue weighted by Gasteiger charge is 2.30. The number of nitrogens with one attached hydrogen (secondary N) is 1. The van der Waals surface area contributed by atoms with Crippen LogP contribution in [0.25, 0.3) is 0 Å². The number of benzene rings is 1. The topological polar surface area (TPSA) is 55.4 Å². The monoisotopic (exact) mass is 335 g/mol. The van der Waals surface area contributed by atoms with Crippen molar-refractivity contribution in [1.29, 1.82) is 0 Å². The van der Waals surface area contributed by atoms with Gasteiger partial charge in [-0.1, -0.05) is 0 Å². The van der Waals surface area contributed by atoms with Gasteiger partial charge in [-0.3, -0.25) is 9.59 Å². The molecule has 1 unspecified atom stereocenters. The van der Waals surface area contributed by atoms with Crippen molar-refractivity contribution in [3.63, 3.8) is 0 Å². The third-order valence-corrected chi connectivity index (χ3v) is 3.72. The van der Waals surface area contributed by atoms with Gasteiger partial charge in [0.05, 0.1) is 23.2 Å². The van der Waals surface area contributed by atoms with Crippen molar-refractivity contribution >= 4 is 29.3 Å². The van der Waals surface area contributed by atoms with Crippen molar-refractivity contribution in [2.45, 2.75) is 25.3 Å². The summed E-state index contributed by atoms with van der Waals surface area (Å²) in [5.41, 5.74) is -0.517. The molecule has 1 N–H and O–H groups in total. The molecular weight excluding hydrogens is 319 g/mol. The Morgan fingerprint density at radius 1 is 1.27 bits per heavy atom. The molecule has 122 valence electrons. The fraction of sp³-hybridized carbons (Fsp3) is 0.429. The van der Waals surface area contributed by atoms with E-state index in [1.165, 1.54) is 12.1 Å². The molecule has 0 bridgehead atoms. The maximum absolute atomic E-state index is 12.4. The summed E-state index contributed by atoms with van der Waals surface area (Å²) in [4.78, 5) is 23.0. The zero-order chi connectivity index (χ0) is 16.8. The zero-order valence-corrected chi connectivity index (χ0v) is 12.9. The Labute approximate surface area is 130 Å². The van der Waals surface area contributed by atoms with Crippen molar-refractivity contribution in [2.75, 3.05) is 17.7 Å². The molecule has 1 atom stereocenters.